The topological polar surface area (TPSA) is 160 Å². The smallest absolute Gasteiger partial charge is 0.408 e. The molecule has 3 amide bonds. The van der Waals surface area contributed by atoms with E-state index in [0.29, 0.717) is 0 Å². The largest absolute Gasteiger partial charge is 0.467 e. The fourth-order valence-electron chi connectivity index (χ4n) is 6.04. The van der Waals surface area contributed by atoms with Crippen molar-refractivity contribution in [3.05, 3.63) is 144 Å². The van der Waals surface area contributed by atoms with E-state index in [1.165, 1.54) is 6.92 Å². The molecule has 6 atom stereocenters. The van der Waals surface area contributed by atoms with E-state index in [4.69, 9.17) is 28.4 Å². The Balaban J connectivity index is 1.38. The lowest BCUT2D eigenvalue weighted by molar-refractivity contribution is -0.230. The van der Waals surface area contributed by atoms with Crippen LogP contribution in [0.5, 0.6) is 0 Å². The molecule has 290 valence electrons. The fraction of sp³-hybridized carbons (Fsp3) is 0.333. The van der Waals surface area contributed by atoms with Gasteiger partial charge in [-0.05, 0) is 22.3 Å². The molecule has 0 spiro atoms. The number of rotatable bonds is 18. The number of nitrogens with one attached hydrogen (secondary N) is 3. The molecular weight excluding hydrogens is 706 g/mol. The van der Waals surface area contributed by atoms with Gasteiger partial charge in [-0.1, -0.05) is 121 Å². The lowest BCUT2D eigenvalue weighted by Crippen LogP contribution is -2.68. The maximum absolute atomic E-state index is 14.1. The molecule has 0 saturated carbocycles. The van der Waals surface area contributed by atoms with Crippen LogP contribution in [0.25, 0.3) is 0 Å². The Morgan fingerprint density at radius 2 is 1.16 bits per heavy atom. The number of esters is 1. The molecule has 0 aliphatic carbocycles. The number of ether oxygens (including phenoxy) is 6. The highest BCUT2D eigenvalue weighted by atomic mass is 16.6. The second-order valence-corrected chi connectivity index (χ2v) is 12.9. The highest BCUT2D eigenvalue weighted by Gasteiger charge is 2.50. The van der Waals surface area contributed by atoms with Crippen LogP contribution in [0.3, 0.4) is 0 Å². The summed E-state index contributed by atoms with van der Waals surface area (Å²) < 4.78 is 35.9. The normalized spacial score (nSPS) is 19.7. The summed E-state index contributed by atoms with van der Waals surface area (Å²) in [5, 5.41) is 8.01. The lowest BCUT2D eigenvalue weighted by atomic mass is 9.91. The molecule has 3 N–H and O–H groups in total. The zero-order chi connectivity index (χ0) is 38.8. The monoisotopic (exact) mass is 753 g/mol. The van der Waals surface area contributed by atoms with Gasteiger partial charge in [-0.25, -0.2) is 9.59 Å². The van der Waals surface area contributed by atoms with E-state index in [9.17, 15) is 19.2 Å². The van der Waals surface area contributed by atoms with Gasteiger partial charge in [0, 0.05) is 13.5 Å². The third kappa shape index (κ3) is 12.8. The predicted octanol–water partition coefficient (Wildman–Crippen LogP) is 4.23. The first-order chi connectivity index (χ1) is 26.8. The van der Waals surface area contributed by atoms with Crippen LogP contribution in [0.1, 0.15) is 29.2 Å². The average Bonchev–Trinajstić information content (AvgIpc) is 3.21. The highest BCUT2D eigenvalue weighted by molar-refractivity contribution is 5.85. The van der Waals surface area contributed by atoms with E-state index < -0.39 is 60.4 Å². The van der Waals surface area contributed by atoms with Gasteiger partial charge in [0.05, 0.1) is 39.6 Å². The van der Waals surface area contributed by atoms with Gasteiger partial charge >= 0.3 is 12.1 Å². The number of carbonyl (C=O) groups is 4. The third-order valence-corrected chi connectivity index (χ3v) is 8.76. The molecule has 1 aliphatic heterocycles. The third-order valence-electron chi connectivity index (χ3n) is 8.76. The van der Waals surface area contributed by atoms with Crippen LogP contribution in [0.2, 0.25) is 0 Å². The SMILES string of the molecule is COC(=O)[C@H](CNC(=O)[C@@H]1O[C@H](COCc2ccccc2)[C@@H](OCc2ccccc2)[C@H](OCc2ccccc2)[C@H]1NC(C)=O)NC(=O)OCc1ccccc1. The molecule has 1 saturated heterocycles. The molecule has 55 heavy (non-hydrogen) atoms. The first kappa shape index (κ1) is 40.6. The van der Waals surface area contributed by atoms with Crippen molar-refractivity contribution in [2.45, 2.75) is 69.9 Å². The van der Waals surface area contributed by atoms with Crippen LogP contribution in [0, 0.1) is 0 Å². The Hall–Kier alpha value is -5.60. The van der Waals surface area contributed by atoms with Crippen molar-refractivity contribution in [1.82, 2.24) is 16.0 Å². The lowest BCUT2D eigenvalue weighted by Gasteiger charge is -2.46. The van der Waals surface area contributed by atoms with Crippen molar-refractivity contribution in [2.24, 2.45) is 0 Å². The number of alkyl carbamates (subject to hydrolysis) is 1. The molecule has 1 heterocycles. The van der Waals surface area contributed by atoms with E-state index >= 15 is 0 Å². The van der Waals surface area contributed by atoms with Gasteiger partial charge in [0.1, 0.15) is 31.0 Å². The van der Waals surface area contributed by atoms with Crippen molar-refractivity contribution < 1.29 is 47.6 Å². The van der Waals surface area contributed by atoms with Crippen LogP contribution in [-0.2, 0) is 69.2 Å². The van der Waals surface area contributed by atoms with Gasteiger partial charge in [-0.15, -0.1) is 0 Å². The van der Waals surface area contributed by atoms with Crippen molar-refractivity contribution in [1.29, 1.82) is 0 Å². The van der Waals surface area contributed by atoms with E-state index in [1.54, 1.807) is 24.3 Å². The molecule has 0 unspecified atom stereocenters. The Morgan fingerprint density at radius 1 is 0.673 bits per heavy atom. The number of benzene rings is 4. The molecule has 13 heteroatoms. The first-order valence-corrected chi connectivity index (χ1v) is 18.0. The molecule has 5 rings (SSSR count). The molecule has 13 nitrogen and oxygen atoms in total. The van der Waals surface area contributed by atoms with E-state index in [0.717, 1.165) is 29.4 Å². The zero-order valence-corrected chi connectivity index (χ0v) is 30.8. The molecule has 1 fully saturated rings. The quantitative estimate of drug-likeness (QED) is 0.126. The Labute approximate surface area is 320 Å². The minimum Gasteiger partial charge on any atom is -0.467 e. The van der Waals surface area contributed by atoms with E-state index in [2.05, 4.69) is 16.0 Å². The average molecular weight is 754 g/mol. The fourth-order valence-corrected chi connectivity index (χ4v) is 6.04. The summed E-state index contributed by atoms with van der Waals surface area (Å²) in [7, 11) is 1.16. The summed E-state index contributed by atoms with van der Waals surface area (Å²) in [5.74, 6) is -1.93. The van der Waals surface area contributed by atoms with Crippen molar-refractivity contribution >= 4 is 23.9 Å². The molecule has 0 bridgehead atoms. The molecule has 1 aliphatic rings. The summed E-state index contributed by atoms with van der Waals surface area (Å²) in [6.45, 7) is 1.51. The molecule has 4 aromatic carbocycles. The number of hydrogen-bond donors (Lipinski definition) is 3. The molecule has 0 aromatic heterocycles. The van der Waals surface area contributed by atoms with Crippen LogP contribution < -0.4 is 16.0 Å². The first-order valence-electron chi connectivity index (χ1n) is 18.0. The van der Waals surface area contributed by atoms with Gasteiger partial charge in [0.15, 0.2) is 6.10 Å². The summed E-state index contributed by atoms with van der Waals surface area (Å²) in [5.41, 5.74) is 3.44. The molecule has 4 aromatic rings. The van der Waals surface area contributed by atoms with Crippen LogP contribution in [-0.4, -0.2) is 80.6 Å². The standard InChI is InChI=1S/C42H47N3O10/c1-29(46)44-36-38(53-26-32-19-11-5-12-20-32)37(52-25-31-17-9-4-10-18-31)35(28-51-24-30-15-7-3-8-16-30)55-39(36)40(47)43-23-34(41(48)50-2)45-42(49)54-27-33-21-13-6-14-22-33/h3-22,34-39H,23-28H2,1-2H3,(H,43,47)(H,44,46)(H,45,49)/t34-,35+,36+,37+,38+,39+/m0/s1. The molecule has 0 radical (unpaired) electrons. The Bertz CT molecular complexity index is 1780. The van der Waals surface area contributed by atoms with Gasteiger partial charge in [0.25, 0.3) is 5.91 Å². The van der Waals surface area contributed by atoms with Crippen LogP contribution >= 0.6 is 0 Å². The predicted molar refractivity (Wildman–Crippen MR) is 201 cm³/mol. The van der Waals surface area contributed by atoms with Crippen molar-refractivity contribution in [3.8, 4) is 0 Å². The zero-order valence-electron chi connectivity index (χ0n) is 30.8. The highest BCUT2D eigenvalue weighted by Crippen LogP contribution is 2.29. The number of methoxy groups -OCH3 is 1. The van der Waals surface area contributed by atoms with Gasteiger partial charge in [0.2, 0.25) is 5.91 Å². The second-order valence-electron chi connectivity index (χ2n) is 12.9. The summed E-state index contributed by atoms with van der Waals surface area (Å²) in [6, 6.07) is 35.3. The van der Waals surface area contributed by atoms with Gasteiger partial charge in [-0.2, -0.15) is 0 Å². The summed E-state index contributed by atoms with van der Waals surface area (Å²) in [4.78, 5) is 52.3. The van der Waals surface area contributed by atoms with E-state index in [-0.39, 0.29) is 39.6 Å². The summed E-state index contributed by atoms with van der Waals surface area (Å²) in [6.07, 6.45) is -4.80. The van der Waals surface area contributed by atoms with E-state index in [1.807, 2.05) is 97.1 Å². The number of hydrogen-bond acceptors (Lipinski definition) is 10. The number of carbonyl (C=O) groups excluding carboxylic acids is 4. The minimum atomic E-state index is -1.34. The molecular formula is C42H47N3O10. The minimum absolute atomic E-state index is 0.00964. The Morgan fingerprint density at radius 3 is 1.67 bits per heavy atom. The van der Waals surface area contributed by atoms with Gasteiger partial charge in [-0.3, -0.25) is 9.59 Å². The van der Waals surface area contributed by atoms with Crippen molar-refractivity contribution in [2.75, 3.05) is 20.3 Å². The van der Waals surface area contributed by atoms with Crippen LogP contribution in [0.4, 0.5) is 4.79 Å². The maximum atomic E-state index is 14.1. The number of amides is 3. The van der Waals surface area contributed by atoms with Gasteiger partial charge < -0.3 is 44.4 Å². The Kier molecular flexibility index (Phi) is 15.7. The van der Waals surface area contributed by atoms with Crippen LogP contribution in [0.15, 0.2) is 121 Å². The maximum Gasteiger partial charge on any atom is 0.408 e. The second kappa shape index (κ2) is 21.3. The summed E-state index contributed by atoms with van der Waals surface area (Å²) >= 11 is 0. The van der Waals surface area contributed by atoms with Crippen molar-refractivity contribution in [3.63, 3.8) is 0 Å².